The summed E-state index contributed by atoms with van der Waals surface area (Å²) in [4.78, 5) is 141. The molecule has 11 amide bonds. The third kappa shape index (κ3) is 44.6. The maximum Gasteiger partial charge on any atom is 0.582 e. The van der Waals surface area contributed by atoms with Crippen molar-refractivity contribution in [2.45, 2.75) is 291 Å². The Bertz CT molecular complexity index is 2830. The summed E-state index contributed by atoms with van der Waals surface area (Å²) in [7, 11) is -2.05. The molecule has 43 heteroatoms. The third-order valence-corrected chi connectivity index (χ3v) is 21.5. The molecule has 16 unspecified atom stereocenters. The zero-order chi connectivity index (χ0) is 88.9. The van der Waals surface area contributed by atoms with Gasteiger partial charge < -0.3 is 142 Å². The van der Waals surface area contributed by atoms with Crippen molar-refractivity contribution in [2.24, 2.45) is 5.92 Å². The first-order valence-electron chi connectivity index (χ1n) is 42.6. The average Bonchev–Trinajstić information content (AvgIpc) is 1.21. The van der Waals surface area contributed by atoms with Crippen molar-refractivity contribution in [1.82, 2.24) is 58.1 Å². The molecule has 3 aliphatic heterocycles. The molecule has 0 spiro atoms. The van der Waals surface area contributed by atoms with Gasteiger partial charge in [0.25, 0.3) is 0 Å². The maximum absolute atomic E-state index is 14.0. The molecular weight excluding hydrogens is 1630 g/mol. The molecule has 1 aliphatic carbocycles. The summed E-state index contributed by atoms with van der Waals surface area (Å²) in [5, 5.41) is 119. The Morgan fingerprint density at radius 1 is 0.413 bits per heavy atom. The van der Waals surface area contributed by atoms with Gasteiger partial charge in [-0.1, -0.05) is 38.5 Å². The monoisotopic (exact) mass is 1770 g/mol. The van der Waals surface area contributed by atoms with Crippen LogP contribution in [0, 0.1) is 5.92 Å². The molecule has 17 atom stereocenters. The number of carbonyl (C=O) groups is 11. The second-order valence-corrected chi connectivity index (χ2v) is 32.8. The van der Waals surface area contributed by atoms with Crippen LogP contribution in [0.5, 0.6) is 0 Å². The van der Waals surface area contributed by atoms with Gasteiger partial charge in [-0.25, -0.2) is 0 Å². The largest absolute Gasteiger partial charge is 0.582 e. The Balaban J connectivity index is 1.30. The van der Waals surface area contributed by atoms with E-state index in [0.29, 0.717) is 90.1 Å². The number of unbranched alkanes of at least 4 members (excludes halogenated alkanes) is 10. The van der Waals surface area contributed by atoms with E-state index in [1.54, 1.807) is 4.90 Å². The minimum atomic E-state index is -2.05. The van der Waals surface area contributed by atoms with Crippen LogP contribution < -0.4 is 53.2 Å². The quantitative estimate of drug-likeness (QED) is 0.0165. The highest BCUT2D eigenvalue weighted by Crippen LogP contribution is 2.33. The molecule has 0 aromatic carbocycles. The van der Waals surface area contributed by atoms with Gasteiger partial charge >= 0.3 is 7.23 Å². The van der Waals surface area contributed by atoms with E-state index in [1.807, 2.05) is 0 Å². The molecular formula is C78H139N11O30PS+. The van der Waals surface area contributed by atoms with Gasteiger partial charge in [-0.3, -0.25) is 52.7 Å². The number of amides is 11. The Morgan fingerprint density at radius 2 is 0.760 bits per heavy atom. The summed E-state index contributed by atoms with van der Waals surface area (Å²) in [5.74, 6) is -4.22. The fourth-order valence-electron chi connectivity index (χ4n) is 14.1. The molecule has 1 saturated carbocycles. The van der Waals surface area contributed by atoms with Gasteiger partial charge in [0.1, 0.15) is 78.7 Å². The summed E-state index contributed by atoms with van der Waals surface area (Å²) in [6.45, 7) is 3.72. The minimum absolute atomic E-state index is 0.0420. The molecule has 0 radical (unpaired) electrons. The van der Waals surface area contributed by atoms with E-state index in [2.05, 4.69) is 65.4 Å². The number of nitrogens with zero attached hydrogens (tertiary/aromatic N) is 1. The number of aliphatic hydroxyl groups excluding tert-OH is 9. The highest BCUT2D eigenvalue weighted by Gasteiger charge is 2.48. The van der Waals surface area contributed by atoms with Crippen LogP contribution in [-0.2, 0) is 99.7 Å². The molecule has 19 N–H and O–H groups in total. The van der Waals surface area contributed by atoms with Crippen molar-refractivity contribution in [1.29, 1.82) is 0 Å². The molecule has 4 fully saturated rings. The van der Waals surface area contributed by atoms with Crippen molar-refractivity contribution in [3.8, 4) is 0 Å². The predicted molar refractivity (Wildman–Crippen MR) is 437 cm³/mol. The van der Waals surface area contributed by atoms with Gasteiger partial charge in [-0.2, -0.15) is 0 Å². The summed E-state index contributed by atoms with van der Waals surface area (Å²) in [5.41, 5.74) is -1.43. The highest BCUT2D eigenvalue weighted by atomic mass is 32.7. The first kappa shape index (κ1) is 107. The summed E-state index contributed by atoms with van der Waals surface area (Å²) < 4.78 is 63.6. The molecule has 696 valence electrons. The summed E-state index contributed by atoms with van der Waals surface area (Å²) >= 11 is 3.82. The van der Waals surface area contributed by atoms with E-state index in [-0.39, 0.29) is 210 Å². The van der Waals surface area contributed by atoms with Gasteiger partial charge in [-0.05, 0) is 88.0 Å². The van der Waals surface area contributed by atoms with Crippen molar-refractivity contribution < 1.29 is 146 Å². The number of likely N-dealkylation sites (tertiary alicyclic amines) is 1. The van der Waals surface area contributed by atoms with E-state index < -0.39 is 135 Å². The van der Waals surface area contributed by atoms with Crippen LogP contribution in [0.3, 0.4) is 0 Å². The molecule has 0 aromatic heterocycles. The first-order chi connectivity index (χ1) is 58.0. The van der Waals surface area contributed by atoms with E-state index >= 15 is 0 Å². The second kappa shape index (κ2) is 62.1. The van der Waals surface area contributed by atoms with Gasteiger partial charge in [0.15, 0.2) is 12.6 Å². The van der Waals surface area contributed by atoms with Crippen LogP contribution in [0.15, 0.2) is 0 Å². The average molecular weight is 1770 g/mol. The van der Waals surface area contributed by atoms with Crippen LogP contribution in [0.25, 0.3) is 0 Å². The number of hydrogen-bond acceptors (Lipinski definition) is 30. The number of aliphatic hydroxyl groups is 9. The fraction of sp³-hybridized carbons (Fsp3) is 0.859. The van der Waals surface area contributed by atoms with Crippen LogP contribution in [-0.4, -0.2) is 345 Å². The van der Waals surface area contributed by atoms with Gasteiger partial charge in [-0.15, -0.1) is 4.52 Å². The first-order valence-corrected chi connectivity index (χ1v) is 45.0. The van der Waals surface area contributed by atoms with Gasteiger partial charge in [0, 0.05) is 150 Å². The molecule has 4 rings (SSSR count). The lowest BCUT2D eigenvalue weighted by Gasteiger charge is -2.42. The normalized spacial score (nSPS) is 24.6. The van der Waals surface area contributed by atoms with Crippen molar-refractivity contribution >= 4 is 84.5 Å². The van der Waals surface area contributed by atoms with Crippen LogP contribution in [0.4, 0.5) is 0 Å². The number of ether oxygens (including phenoxy) is 8. The van der Waals surface area contributed by atoms with Crippen molar-refractivity contribution in [3.05, 3.63) is 0 Å². The van der Waals surface area contributed by atoms with Gasteiger partial charge in [0.2, 0.25) is 65.0 Å². The summed E-state index contributed by atoms with van der Waals surface area (Å²) in [6, 6.07) is -3.07. The number of hydrogen-bond donors (Lipinski definition) is 20. The standard InChI is InChI=1S/C78H138N11O30PS/c1-51(93)85-67-56(43-54(45-90)70(104)73(67)107)114-37-15-12-21-59(96)79-30-18-33-82-62(99)27-40-111-48-78(88-65(102)24-10-8-6-4-5-7-9-11-25-66(103)89-36-26-55(44-89)119-120(110)121,49-112-41-28-63(100)83-34-19-31-80-60(97)22-13-16-38-115-76-68(86-52(2)94)74(108)71(105)57(46-91)117-76)50-113-42-29-64(101)84-35-20-32-81-61(98)23-14-17-39-116-77-69(87-53(3)95)75(109)72(106)58(47-92)118-77/h54-58,67-77,90-92,104-109H,4-50H2,1-3H3,(H10-,79,80,81,82,83,84,85,86,87,88,93,94,95,96,97,98,99,100,101,102,110,121)/p+1/t54?,55-,56?,57?,58?,67?,68?,69?,70?,71?,72?,73?,74?,75?,76?,77?,78?/m0/s1. The minimum Gasteiger partial charge on any atom is -0.396 e. The number of thiol groups is 1. The Labute approximate surface area is 714 Å². The Hall–Kier alpha value is -6.10. The SMILES string of the molecule is CC(=O)NC1C(OCCCCC(=O)NCCCNC(=O)CCOCC(COCCC(=O)NCCCNC(=O)CCCCOC2OC(CO)C(O)C(O)C2NC(C)=O)(COCCC(=O)NCCCNC(=O)CCCCOC2OC(CO)C(O)C(O)C2NC(C)=O)NC(=O)CCCCCCCCCCC(=O)N2CC[C@H](O[P+](=O)S)C2)CC(CO)C(O)C1O. The smallest absolute Gasteiger partial charge is 0.396 e. The van der Waals surface area contributed by atoms with E-state index in [4.69, 9.17) is 42.4 Å². The molecule has 3 saturated heterocycles. The zero-order valence-electron chi connectivity index (χ0n) is 70.4. The second-order valence-electron chi connectivity index (χ2n) is 31.1. The fourth-order valence-corrected chi connectivity index (χ4v) is 14.9. The number of nitrogens with one attached hydrogen (secondary N) is 10. The molecule has 4 aliphatic rings. The van der Waals surface area contributed by atoms with Crippen LogP contribution in [0.1, 0.15) is 194 Å². The molecule has 0 bridgehead atoms. The molecule has 0 aromatic rings. The lowest BCUT2D eigenvalue weighted by molar-refractivity contribution is -0.270. The maximum atomic E-state index is 14.0. The highest BCUT2D eigenvalue weighted by molar-refractivity contribution is 8.39. The molecule has 41 nitrogen and oxygen atoms in total. The topological polar surface area (TPSA) is 594 Å². The Kier molecular flexibility index (Phi) is 55.0. The predicted octanol–water partition coefficient (Wildman–Crippen LogP) is -2.91. The van der Waals surface area contributed by atoms with Crippen LogP contribution in [0.2, 0.25) is 0 Å². The Morgan fingerprint density at radius 3 is 1.14 bits per heavy atom. The summed E-state index contributed by atoms with van der Waals surface area (Å²) in [6.07, 6.45) is -2.34. The van der Waals surface area contributed by atoms with Crippen molar-refractivity contribution in [2.75, 3.05) is 132 Å². The van der Waals surface area contributed by atoms with Crippen LogP contribution >= 0.6 is 19.5 Å². The zero-order valence-corrected chi connectivity index (χ0v) is 72.2. The molecule has 3 heterocycles. The lowest BCUT2D eigenvalue weighted by Crippen LogP contribution is -2.64. The lowest BCUT2D eigenvalue weighted by atomic mass is 9.79. The van der Waals surface area contributed by atoms with E-state index in [9.17, 15) is 103 Å². The van der Waals surface area contributed by atoms with Gasteiger partial charge in [0.05, 0.1) is 77.6 Å². The van der Waals surface area contributed by atoms with Crippen molar-refractivity contribution in [3.63, 3.8) is 0 Å². The molecule has 121 heavy (non-hydrogen) atoms. The number of carbonyl (C=O) groups excluding carboxylic acids is 11. The van der Waals surface area contributed by atoms with E-state index in [1.165, 1.54) is 20.8 Å². The third-order valence-electron chi connectivity index (χ3n) is 20.8. The van der Waals surface area contributed by atoms with E-state index in [0.717, 1.165) is 44.9 Å². The number of rotatable bonds is 65.